The molecule has 0 spiro atoms. The van der Waals surface area contributed by atoms with E-state index in [9.17, 15) is 0 Å². The van der Waals surface area contributed by atoms with Crippen molar-refractivity contribution < 1.29 is 0 Å². The summed E-state index contributed by atoms with van der Waals surface area (Å²) in [5.74, 6) is 0.962. The Hall–Kier alpha value is -1.58. The SMILES string of the molecule is CCN=CC(CC)N(C)c1ncccc1NC. The summed E-state index contributed by atoms with van der Waals surface area (Å²) in [6.07, 6.45) is 4.84. The summed E-state index contributed by atoms with van der Waals surface area (Å²) >= 11 is 0. The van der Waals surface area contributed by atoms with E-state index in [2.05, 4.69) is 34.2 Å². The van der Waals surface area contributed by atoms with Gasteiger partial charge in [0.05, 0.1) is 11.7 Å². The zero-order valence-electron chi connectivity index (χ0n) is 11.1. The van der Waals surface area contributed by atoms with E-state index in [0.29, 0.717) is 0 Å². The van der Waals surface area contributed by atoms with Crippen molar-refractivity contribution in [3.05, 3.63) is 18.3 Å². The molecule has 1 N–H and O–H groups in total. The van der Waals surface area contributed by atoms with Gasteiger partial charge in [-0.15, -0.1) is 0 Å². The van der Waals surface area contributed by atoms with Crippen molar-refractivity contribution in [3.8, 4) is 0 Å². The molecule has 0 aromatic carbocycles. The van der Waals surface area contributed by atoms with Gasteiger partial charge in [0.15, 0.2) is 5.82 Å². The minimum Gasteiger partial charge on any atom is -0.385 e. The fourth-order valence-corrected chi connectivity index (χ4v) is 1.74. The molecule has 0 amide bonds. The van der Waals surface area contributed by atoms with Crippen molar-refractivity contribution >= 4 is 17.7 Å². The number of aliphatic imine (C=N–C) groups is 1. The Morgan fingerprint density at radius 3 is 2.88 bits per heavy atom. The summed E-state index contributed by atoms with van der Waals surface area (Å²) in [4.78, 5) is 10.9. The van der Waals surface area contributed by atoms with Crippen LogP contribution in [-0.2, 0) is 0 Å². The third-order valence-corrected chi connectivity index (χ3v) is 2.77. The highest BCUT2D eigenvalue weighted by Crippen LogP contribution is 2.22. The van der Waals surface area contributed by atoms with Crippen LogP contribution in [0.5, 0.6) is 0 Å². The van der Waals surface area contributed by atoms with Gasteiger partial charge in [-0.05, 0) is 25.5 Å². The normalized spacial score (nSPS) is 12.7. The smallest absolute Gasteiger partial charge is 0.152 e. The van der Waals surface area contributed by atoms with E-state index < -0.39 is 0 Å². The minimum atomic E-state index is 0.289. The number of aromatic nitrogens is 1. The quantitative estimate of drug-likeness (QED) is 0.768. The van der Waals surface area contributed by atoms with Gasteiger partial charge in [0, 0.05) is 33.1 Å². The van der Waals surface area contributed by atoms with Crippen LogP contribution in [0.15, 0.2) is 23.3 Å². The molecule has 1 aromatic rings. The van der Waals surface area contributed by atoms with Crippen LogP contribution in [0.1, 0.15) is 20.3 Å². The van der Waals surface area contributed by atoms with Crippen molar-refractivity contribution in [2.24, 2.45) is 4.99 Å². The maximum absolute atomic E-state index is 4.43. The largest absolute Gasteiger partial charge is 0.385 e. The highest BCUT2D eigenvalue weighted by molar-refractivity contribution is 5.74. The Bertz CT molecular complexity index is 362. The maximum atomic E-state index is 4.43. The molecule has 1 heterocycles. The van der Waals surface area contributed by atoms with E-state index in [0.717, 1.165) is 24.5 Å². The lowest BCUT2D eigenvalue weighted by atomic mass is 10.2. The third kappa shape index (κ3) is 3.44. The fourth-order valence-electron chi connectivity index (χ4n) is 1.74. The Labute approximate surface area is 104 Å². The Morgan fingerprint density at radius 1 is 1.53 bits per heavy atom. The van der Waals surface area contributed by atoms with Crippen molar-refractivity contribution in [2.75, 3.05) is 30.9 Å². The summed E-state index contributed by atoms with van der Waals surface area (Å²) in [6, 6.07) is 4.25. The molecule has 0 radical (unpaired) electrons. The minimum absolute atomic E-state index is 0.289. The van der Waals surface area contributed by atoms with Crippen LogP contribution in [0.2, 0.25) is 0 Å². The van der Waals surface area contributed by atoms with Gasteiger partial charge in [-0.1, -0.05) is 6.92 Å². The van der Waals surface area contributed by atoms with Crippen LogP contribution in [0, 0.1) is 0 Å². The predicted octanol–water partition coefficient (Wildman–Crippen LogP) is 2.43. The van der Waals surface area contributed by atoms with Gasteiger partial charge < -0.3 is 10.2 Å². The van der Waals surface area contributed by atoms with Crippen molar-refractivity contribution in [1.29, 1.82) is 0 Å². The standard InChI is InChI=1S/C13H22N4/c1-5-11(10-15-6-2)17(4)13-12(14-3)8-7-9-16-13/h7-11,14H,5-6H2,1-4H3. The number of hydrogen-bond donors (Lipinski definition) is 1. The van der Waals surface area contributed by atoms with Crippen LogP contribution in [0.3, 0.4) is 0 Å². The van der Waals surface area contributed by atoms with Gasteiger partial charge in [0.1, 0.15) is 0 Å². The second kappa shape index (κ2) is 6.89. The molecule has 1 atom stereocenters. The first-order chi connectivity index (χ1) is 8.24. The zero-order valence-corrected chi connectivity index (χ0v) is 11.1. The summed E-state index contributed by atoms with van der Waals surface area (Å²) in [6.45, 7) is 5.03. The van der Waals surface area contributed by atoms with Gasteiger partial charge >= 0.3 is 0 Å². The Balaban J connectivity index is 2.92. The third-order valence-electron chi connectivity index (χ3n) is 2.77. The van der Waals surface area contributed by atoms with E-state index in [4.69, 9.17) is 0 Å². The van der Waals surface area contributed by atoms with Gasteiger partial charge in [-0.2, -0.15) is 0 Å². The first-order valence-electron chi connectivity index (χ1n) is 6.10. The topological polar surface area (TPSA) is 40.5 Å². The molecule has 4 nitrogen and oxygen atoms in total. The monoisotopic (exact) mass is 234 g/mol. The summed E-state index contributed by atoms with van der Waals surface area (Å²) in [5, 5.41) is 3.16. The lowest BCUT2D eigenvalue weighted by Crippen LogP contribution is -2.33. The summed E-state index contributed by atoms with van der Waals surface area (Å²) < 4.78 is 0. The van der Waals surface area contributed by atoms with Crippen LogP contribution in [0.25, 0.3) is 0 Å². The number of nitrogens with one attached hydrogen (secondary N) is 1. The van der Waals surface area contributed by atoms with E-state index in [1.165, 1.54) is 0 Å². The lowest BCUT2D eigenvalue weighted by Gasteiger charge is -2.26. The molecule has 1 rings (SSSR count). The van der Waals surface area contributed by atoms with E-state index >= 15 is 0 Å². The molecule has 1 unspecified atom stereocenters. The molecule has 0 bridgehead atoms. The maximum Gasteiger partial charge on any atom is 0.152 e. The molecule has 0 aliphatic rings. The van der Waals surface area contributed by atoms with Gasteiger partial charge in [-0.25, -0.2) is 4.98 Å². The highest BCUT2D eigenvalue weighted by Gasteiger charge is 2.14. The first kappa shape index (κ1) is 13.5. The van der Waals surface area contributed by atoms with Crippen molar-refractivity contribution in [3.63, 3.8) is 0 Å². The molecule has 0 fully saturated rings. The summed E-state index contributed by atoms with van der Waals surface area (Å²) in [7, 11) is 3.97. The summed E-state index contributed by atoms with van der Waals surface area (Å²) in [5.41, 5.74) is 1.04. The second-order valence-corrected chi connectivity index (χ2v) is 3.86. The molecule has 17 heavy (non-hydrogen) atoms. The Kier molecular flexibility index (Phi) is 5.46. The fraction of sp³-hybridized carbons (Fsp3) is 0.538. The van der Waals surface area contributed by atoms with Gasteiger partial charge in [-0.3, -0.25) is 4.99 Å². The molecule has 0 saturated carbocycles. The molecule has 94 valence electrons. The van der Waals surface area contributed by atoms with E-state index in [-0.39, 0.29) is 6.04 Å². The van der Waals surface area contributed by atoms with Crippen LogP contribution in [0.4, 0.5) is 11.5 Å². The van der Waals surface area contributed by atoms with Crippen molar-refractivity contribution in [2.45, 2.75) is 26.3 Å². The molecule has 1 aromatic heterocycles. The number of hydrogen-bond acceptors (Lipinski definition) is 4. The van der Waals surface area contributed by atoms with Crippen LogP contribution >= 0.6 is 0 Å². The van der Waals surface area contributed by atoms with Gasteiger partial charge in [0.2, 0.25) is 0 Å². The molecular weight excluding hydrogens is 212 g/mol. The van der Waals surface area contributed by atoms with Crippen LogP contribution in [-0.4, -0.2) is 37.9 Å². The van der Waals surface area contributed by atoms with E-state index in [1.807, 2.05) is 38.5 Å². The predicted molar refractivity (Wildman–Crippen MR) is 75.3 cm³/mol. The lowest BCUT2D eigenvalue weighted by molar-refractivity contribution is 0.754. The average Bonchev–Trinajstić information content (AvgIpc) is 2.39. The molecular formula is C13H22N4. The molecule has 4 heteroatoms. The van der Waals surface area contributed by atoms with Crippen molar-refractivity contribution in [1.82, 2.24) is 4.98 Å². The zero-order chi connectivity index (χ0) is 12.7. The molecule has 0 aliphatic carbocycles. The van der Waals surface area contributed by atoms with Crippen LogP contribution < -0.4 is 10.2 Å². The number of rotatable bonds is 6. The Morgan fingerprint density at radius 2 is 2.29 bits per heavy atom. The highest BCUT2D eigenvalue weighted by atomic mass is 15.2. The number of anilines is 2. The second-order valence-electron chi connectivity index (χ2n) is 3.86. The number of nitrogens with zero attached hydrogens (tertiary/aromatic N) is 3. The molecule has 0 aliphatic heterocycles. The number of pyridine rings is 1. The van der Waals surface area contributed by atoms with E-state index in [1.54, 1.807) is 0 Å². The molecule has 0 saturated heterocycles. The van der Waals surface area contributed by atoms with Gasteiger partial charge in [0.25, 0.3) is 0 Å². The average molecular weight is 234 g/mol. The first-order valence-corrected chi connectivity index (χ1v) is 6.10.